The van der Waals surface area contributed by atoms with Gasteiger partial charge >= 0.3 is 17.4 Å². The van der Waals surface area contributed by atoms with Crippen LogP contribution in [-0.4, -0.2) is 120 Å². The molecule has 0 aromatic heterocycles. The van der Waals surface area contributed by atoms with Gasteiger partial charge in [0, 0.05) is 19.6 Å². The van der Waals surface area contributed by atoms with Crippen molar-refractivity contribution < 1.29 is 60.6 Å². The molecule has 0 bridgehead atoms. The molecule has 15 nitrogen and oxygen atoms in total. The molecule has 0 saturated heterocycles. The van der Waals surface area contributed by atoms with E-state index in [1.807, 2.05) is 0 Å². The Balaban J connectivity index is -0.000000285. The minimum atomic E-state index is -1.92. The Hall–Kier alpha value is -1.42. The Labute approximate surface area is 285 Å². The fourth-order valence-electron chi connectivity index (χ4n) is 3.89. The number of carbonyl (C=O) groups is 3. The van der Waals surface area contributed by atoms with Gasteiger partial charge in [-0.25, -0.2) is 0 Å². The Morgan fingerprint density at radius 3 is 0.783 bits per heavy atom. The van der Waals surface area contributed by atoms with Crippen molar-refractivity contribution in [2.24, 2.45) is 0 Å². The molecule has 0 spiro atoms. The topological polar surface area (TPSA) is 251 Å². The van der Waals surface area contributed by atoms with Gasteiger partial charge in [0.05, 0.1) is 17.9 Å². The first kappa shape index (κ1) is 51.4. The minimum absolute atomic E-state index is 0. The van der Waals surface area contributed by atoms with Gasteiger partial charge in [0.15, 0.2) is 18.7 Å². The van der Waals surface area contributed by atoms with Crippen molar-refractivity contribution in [2.75, 3.05) is 19.6 Å². The average molecular weight is 682 g/mol. The van der Waals surface area contributed by atoms with E-state index in [9.17, 15) is 29.7 Å². The van der Waals surface area contributed by atoms with Gasteiger partial charge in [-0.05, 0) is 19.3 Å². The maximum Gasteiger partial charge on any atom is 3.00 e. The number of nitrogens with zero attached hydrogens (tertiary/aromatic N) is 3. The number of hydrogen-bond acceptors (Lipinski definition) is 15. The number of aliphatic hydroxyl groups excluding tert-OH is 3. The van der Waals surface area contributed by atoms with Crippen LogP contribution in [0, 0.1) is 0 Å². The summed E-state index contributed by atoms with van der Waals surface area (Å²) in [6.45, 7) is 6.85. The van der Waals surface area contributed by atoms with Crippen LogP contribution in [-0.2, 0) is 14.4 Å². The third kappa shape index (κ3) is 33.9. The molecule has 0 aliphatic heterocycles. The monoisotopic (exact) mass is 681 g/mol. The Morgan fingerprint density at radius 2 is 0.609 bits per heavy atom. The first-order valence-electron chi connectivity index (χ1n) is 16.3. The van der Waals surface area contributed by atoms with E-state index >= 15 is 0 Å². The number of aliphatic carboxylic acids is 3. The SMILES string of the molecule is CCCCCCCCN(O)[C@@H](O)C(=O)[O-].CCCCCCCCN(O)[C@@H](O)C(=O)[O-].CCCCCCCCN(O)[C@@H](O)C(=O)[O-].[Al+3]. The Bertz CT molecular complexity index is 622. The standard InChI is InChI=1S/3C10H21NO4.Al/c3*1-2-3-4-5-6-7-8-11(15)9(12)10(13)14;/h3*9,12,15H,2-8H2,1H3,(H,13,14);/q;;;+3/p-3/t3*9-;/m000./s1. The number of aliphatic hydroxyl groups is 3. The molecule has 0 aliphatic carbocycles. The first-order valence-corrected chi connectivity index (χ1v) is 16.3. The Morgan fingerprint density at radius 1 is 0.435 bits per heavy atom. The quantitative estimate of drug-likeness (QED) is 0.0287. The van der Waals surface area contributed by atoms with E-state index in [1.54, 1.807) is 0 Å². The predicted octanol–water partition coefficient (Wildman–Crippen LogP) is -0.0616. The van der Waals surface area contributed by atoms with E-state index in [0.29, 0.717) is 34.5 Å². The van der Waals surface area contributed by atoms with Crippen LogP contribution in [0.1, 0.15) is 136 Å². The van der Waals surface area contributed by atoms with Crippen molar-refractivity contribution >= 4 is 35.3 Å². The van der Waals surface area contributed by atoms with Gasteiger partial charge in [-0.2, -0.15) is 15.2 Å². The maximum absolute atomic E-state index is 10.2. The summed E-state index contributed by atoms with van der Waals surface area (Å²) in [4.78, 5) is 30.5. The summed E-state index contributed by atoms with van der Waals surface area (Å²) in [6, 6.07) is 0. The zero-order chi connectivity index (χ0) is 35.0. The molecule has 270 valence electrons. The van der Waals surface area contributed by atoms with Crippen molar-refractivity contribution in [1.29, 1.82) is 0 Å². The number of carboxylic acids is 3. The maximum atomic E-state index is 10.2. The number of rotatable bonds is 27. The zero-order valence-corrected chi connectivity index (χ0v) is 29.3. The van der Waals surface area contributed by atoms with Crippen LogP contribution in [0.2, 0.25) is 0 Å². The second-order valence-corrected chi connectivity index (χ2v) is 10.9. The van der Waals surface area contributed by atoms with Crippen LogP contribution >= 0.6 is 0 Å². The van der Waals surface area contributed by atoms with E-state index in [4.69, 9.17) is 30.9 Å². The number of hydrogen-bond donors (Lipinski definition) is 6. The third-order valence-corrected chi connectivity index (χ3v) is 6.70. The molecule has 0 saturated carbocycles. The van der Waals surface area contributed by atoms with Crippen molar-refractivity contribution in [3.05, 3.63) is 0 Å². The fourth-order valence-corrected chi connectivity index (χ4v) is 3.89. The summed E-state index contributed by atoms with van der Waals surface area (Å²) in [6.07, 6.45) is 12.9. The second-order valence-electron chi connectivity index (χ2n) is 10.9. The minimum Gasteiger partial charge on any atom is -0.546 e. The van der Waals surface area contributed by atoms with E-state index in [2.05, 4.69) is 20.8 Å². The van der Waals surface area contributed by atoms with Crippen molar-refractivity contribution in [3.63, 3.8) is 0 Å². The molecule has 0 aliphatic rings. The number of carbonyl (C=O) groups excluding carboxylic acids is 3. The van der Waals surface area contributed by atoms with Gasteiger partial charge in [0.2, 0.25) is 0 Å². The summed E-state index contributed by atoms with van der Waals surface area (Å²) in [5, 5.41) is 85.4. The summed E-state index contributed by atoms with van der Waals surface area (Å²) in [5.41, 5.74) is 0. The average Bonchev–Trinajstić information content (AvgIpc) is 3.01. The van der Waals surface area contributed by atoms with Gasteiger partial charge in [-0.3, -0.25) is 0 Å². The molecule has 0 radical (unpaired) electrons. The van der Waals surface area contributed by atoms with Gasteiger partial charge < -0.3 is 60.6 Å². The summed E-state index contributed by atoms with van der Waals surface area (Å²) in [5.74, 6) is -5.03. The summed E-state index contributed by atoms with van der Waals surface area (Å²) in [7, 11) is 0. The van der Waals surface area contributed by atoms with E-state index in [-0.39, 0.29) is 37.0 Å². The molecular formula is C30H60AlN3O12. The third-order valence-electron chi connectivity index (χ3n) is 6.70. The number of hydroxylamine groups is 6. The molecule has 0 heterocycles. The van der Waals surface area contributed by atoms with Gasteiger partial charge in [0.1, 0.15) is 0 Å². The molecule has 3 atom stereocenters. The van der Waals surface area contributed by atoms with Crippen LogP contribution < -0.4 is 15.3 Å². The smallest absolute Gasteiger partial charge is 0.546 e. The molecule has 0 aromatic carbocycles. The molecular weight excluding hydrogens is 621 g/mol. The molecule has 0 rings (SSSR count). The van der Waals surface area contributed by atoms with Crippen LogP contribution in [0.3, 0.4) is 0 Å². The summed E-state index contributed by atoms with van der Waals surface area (Å²) < 4.78 is 0. The molecule has 46 heavy (non-hydrogen) atoms. The van der Waals surface area contributed by atoms with Crippen molar-refractivity contribution in [3.8, 4) is 0 Å². The molecule has 0 unspecified atom stereocenters. The molecule has 0 fully saturated rings. The molecule has 6 N–H and O–H groups in total. The van der Waals surface area contributed by atoms with E-state index < -0.39 is 36.6 Å². The van der Waals surface area contributed by atoms with Crippen LogP contribution in [0.5, 0.6) is 0 Å². The van der Waals surface area contributed by atoms with Crippen molar-refractivity contribution in [2.45, 2.75) is 155 Å². The largest absolute Gasteiger partial charge is 3.00 e. The zero-order valence-electron chi connectivity index (χ0n) is 28.1. The second kappa shape index (κ2) is 36.4. The van der Waals surface area contributed by atoms with Gasteiger partial charge in [-0.15, -0.1) is 0 Å². The normalized spacial score (nSPS) is 12.8. The number of unbranched alkanes of at least 4 members (excludes halogenated alkanes) is 15. The van der Waals surface area contributed by atoms with Crippen LogP contribution in [0.15, 0.2) is 0 Å². The summed E-state index contributed by atoms with van der Waals surface area (Å²) >= 11 is 0. The van der Waals surface area contributed by atoms with E-state index in [1.165, 1.54) is 38.5 Å². The predicted molar refractivity (Wildman–Crippen MR) is 164 cm³/mol. The van der Waals surface area contributed by atoms with Gasteiger partial charge in [-0.1, -0.05) is 117 Å². The number of carboxylic acid groups (broad SMARTS) is 3. The first-order chi connectivity index (χ1) is 21.3. The van der Waals surface area contributed by atoms with Crippen LogP contribution in [0.25, 0.3) is 0 Å². The Kier molecular flexibility index (Phi) is 40.7. The fraction of sp³-hybridized carbons (Fsp3) is 0.900. The van der Waals surface area contributed by atoms with Crippen molar-refractivity contribution in [1.82, 2.24) is 15.2 Å². The van der Waals surface area contributed by atoms with E-state index in [0.717, 1.165) is 57.8 Å². The van der Waals surface area contributed by atoms with Gasteiger partial charge in [0.25, 0.3) is 0 Å². The molecule has 16 heteroatoms. The van der Waals surface area contributed by atoms with Crippen LogP contribution in [0.4, 0.5) is 0 Å². The molecule has 0 amide bonds. The molecule has 0 aromatic rings.